The summed E-state index contributed by atoms with van der Waals surface area (Å²) < 4.78 is 34.0. The number of benzene rings is 2. The molecule has 1 aromatic heterocycles. The van der Waals surface area contributed by atoms with E-state index in [1.54, 1.807) is 24.4 Å². The van der Waals surface area contributed by atoms with E-state index in [4.69, 9.17) is 10.5 Å². The lowest BCUT2D eigenvalue weighted by molar-refractivity contribution is 0.201. The normalized spacial score (nSPS) is 17.0. The summed E-state index contributed by atoms with van der Waals surface area (Å²) in [4.78, 5) is 4.31. The van der Waals surface area contributed by atoms with Crippen molar-refractivity contribution in [1.29, 1.82) is 0 Å². The quantitative estimate of drug-likeness (QED) is 0.693. The van der Waals surface area contributed by atoms with E-state index in [9.17, 15) is 8.42 Å². The van der Waals surface area contributed by atoms with Gasteiger partial charge in [-0.05, 0) is 48.2 Å². The molecule has 2 N–H and O–H groups in total. The number of hydrogen-bond donors (Lipinski definition) is 1. The molecule has 4 rings (SSSR count). The Morgan fingerprint density at radius 3 is 2.52 bits per heavy atom. The Labute approximate surface area is 171 Å². The summed E-state index contributed by atoms with van der Waals surface area (Å²) in [6.45, 7) is 2.41. The molecule has 7 heteroatoms. The van der Waals surface area contributed by atoms with Crippen LogP contribution >= 0.6 is 0 Å². The van der Waals surface area contributed by atoms with Gasteiger partial charge in [0, 0.05) is 18.3 Å². The third-order valence-corrected chi connectivity index (χ3v) is 7.28. The molecule has 0 saturated carbocycles. The number of sulfonamides is 1. The van der Waals surface area contributed by atoms with Crippen LogP contribution in [-0.2, 0) is 10.0 Å². The van der Waals surface area contributed by atoms with Gasteiger partial charge in [-0.3, -0.25) is 0 Å². The first kappa shape index (κ1) is 19.4. The Bertz CT molecular complexity index is 1150. The van der Waals surface area contributed by atoms with E-state index in [1.165, 1.54) is 11.4 Å². The van der Waals surface area contributed by atoms with Crippen molar-refractivity contribution in [2.75, 3.05) is 19.4 Å². The van der Waals surface area contributed by atoms with Gasteiger partial charge >= 0.3 is 0 Å². The van der Waals surface area contributed by atoms with Crippen LogP contribution < -0.4 is 10.5 Å². The number of hydrogen-bond acceptors (Lipinski definition) is 5. The fourth-order valence-corrected chi connectivity index (χ4v) is 5.55. The zero-order valence-electron chi connectivity index (χ0n) is 16.4. The molecule has 1 aliphatic heterocycles. The summed E-state index contributed by atoms with van der Waals surface area (Å²) in [5, 5.41) is 0. The Morgan fingerprint density at radius 1 is 1.14 bits per heavy atom. The van der Waals surface area contributed by atoms with Crippen LogP contribution in [-0.4, -0.2) is 31.4 Å². The second-order valence-corrected chi connectivity index (χ2v) is 8.98. The third kappa shape index (κ3) is 3.47. The summed E-state index contributed by atoms with van der Waals surface area (Å²) >= 11 is 0. The number of rotatable bonds is 5. The number of aromatic nitrogens is 1. The summed E-state index contributed by atoms with van der Waals surface area (Å²) in [5.74, 6) is 0.757. The minimum atomic E-state index is -3.73. The molecule has 6 nitrogen and oxygen atoms in total. The number of anilines is 1. The smallest absolute Gasteiger partial charge is 0.247 e. The van der Waals surface area contributed by atoms with Crippen LogP contribution in [0.5, 0.6) is 5.75 Å². The van der Waals surface area contributed by atoms with Crippen LogP contribution in [0.1, 0.15) is 23.6 Å². The highest BCUT2D eigenvalue weighted by Crippen LogP contribution is 2.41. The van der Waals surface area contributed by atoms with Crippen molar-refractivity contribution in [3.8, 4) is 16.9 Å². The van der Waals surface area contributed by atoms with Gasteiger partial charge in [-0.25, -0.2) is 13.4 Å². The molecular formula is C22H23N3O3S. The zero-order chi connectivity index (χ0) is 20.6. The molecule has 2 heterocycles. The molecule has 0 spiro atoms. The van der Waals surface area contributed by atoms with Gasteiger partial charge in [0.1, 0.15) is 16.5 Å². The molecule has 1 aliphatic rings. The van der Waals surface area contributed by atoms with Gasteiger partial charge in [0.05, 0.1) is 13.2 Å². The first-order chi connectivity index (χ1) is 13.9. The van der Waals surface area contributed by atoms with E-state index in [0.29, 0.717) is 18.1 Å². The van der Waals surface area contributed by atoms with Crippen LogP contribution in [0.3, 0.4) is 0 Å². The average molecular weight is 410 g/mol. The molecule has 1 unspecified atom stereocenters. The van der Waals surface area contributed by atoms with E-state index >= 15 is 0 Å². The van der Waals surface area contributed by atoms with Gasteiger partial charge in [0.15, 0.2) is 0 Å². The van der Waals surface area contributed by atoms with E-state index in [-0.39, 0.29) is 10.9 Å². The van der Waals surface area contributed by atoms with Crippen LogP contribution in [0.4, 0.5) is 5.82 Å². The van der Waals surface area contributed by atoms with Crippen LogP contribution in [0.25, 0.3) is 11.1 Å². The van der Waals surface area contributed by atoms with Crippen LogP contribution in [0.15, 0.2) is 65.7 Å². The van der Waals surface area contributed by atoms with Crippen LogP contribution in [0.2, 0.25) is 0 Å². The predicted molar refractivity (Wildman–Crippen MR) is 113 cm³/mol. The highest BCUT2D eigenvalue weighted by atomic mass is 32.2. The van der Waals surface area contributed by atoms with Crippen molar-refractivity contribution in [2.24, 2.45) is 0 Å². The van der Waals surface area contributed by atoms with Gasteiger partial charge in [0.25, 0.3) is 0 Å². The fourth-order valence-electron chi connectivity index (χ4n) is 3.71. The Balaban J connectivity index is 1.77. The molecule has 1 fully saturated rings. The highest BCUT2D eigenvalue weighted by Gasteiger charge is 2.40. The SMILES string of the molecule is COc1ccc(-c2cnc(N)cc2C)cc1S(=O)(=O)N1CCC1c1ccccc1. The lowest BCUT2D eigenvalue weighted by Gasteiger charge is -2.40. The first-order valence-corrected chi connectivity index (χ1v) is 10.8. The van der Waals surface area contributed by atoms with Crippen molar-refractivity contribution in [2.45, 2.75) is 24.3 Å². The van der Waals surface area contributed by atoms with Crippen molar-refractivity contribution in [3.63, 3.8) is 0 Å². The molecule has 1 saturated heterocycles. The molecule has 1 atom stereocenters. The van der Waals surface area contributed by atoms with Crippen molar-refractivity contribution in [1.82, 2.24) is 9.29 Å². The number of pyridine rings is 1. The predicted octanol–water partition coefficient (Wildman–Crippen LogP) is 3.78. The molecule has 2 aromatic carbocycles. The lowest BCUT2D eigenvalue weighted by atomic mass is 9.98. The summed E-state index contributed by atoms with van der Waals surface area (Å²) in [7, 11) is -2.25. The minimum absolute atomic E-state index is 0.158. The van der Waals surface area contributed by atoms with Gasteiger partial charge in [-0.2, -0.15) is 4.31 Å². The average Bonchev–Trinajstić information content (AvgIpc) is 2.67. The second kappa shape index (κ2) is 7.50. The van der Waals surface area contributed by atoms with Crippen molar-refractivity contribution in [3.05, 3.63) is 71.9 Å². The number of aryl methyl sites for hydroxylation is 1. The lowest BCUT2D eigenvalue weighted by Crippen LogP contribution is -2.45. The summed E-state index contributed by atoms with van der Waals surface area (Å²) in [5.41, 5.74) is 9.27. The second-order valence-electron chi connectivity index (χ2n) is 7.12. The Hall–Kier alpha value is -2.90. The first-order valence-electron chi connectivity index (χ1n) is 9.39. The number of methoxy groups -OCH3 is 1. The number of ether oxygens (including phenoxy) is 1. The van der Waals surface area contributed by atoms with Crippen molar-refractivity contribution >= 4 is 15.8 Å². The van der Waals surface area contributed by atoms with Gasteiger partial charge < -0.3 is 10.5 Å². The summed E-state index contributed by atoms with van der Waals surface area (Å²) in [6.07, 6.45) is 2.46. The van der Waals surface area contributed by atoms with Crippen LogP contribution in [0, 0.1) is 6.92 Å². The van der Waals surface area contributed by atoms with E-state index in [1.807, 2.05) is 43.3 Å². The molecule has 150 valence electrons. The monoisotopic (exact) mass is 409 g/mol. The molecule has 29 heavy (non-hydrogen) atoms. The number of nitrogens with zero attached hydrogens (tertiary/aromatic N) is 2. The molecular weight excluding hydrogens is 386 g/mol. The van der Waals surface area contributed by atoms with E-state index in [2.05, 4.69) is 4.98 Å². The largest absolute Gasteiger partial charge is 0.495 e. The maximum Gasteiger partial charge on any atom is 0.247 e. The highest BCUT2D eigenvalue weighted by molar-refractivity contribution is 7.89. The van der Waals surface area contributed by atoms with Gasteiger partial charge in [-0.15, -0.1) is 0 Å². The molecule has 0 amide bonds. The molecule has 0 bridgehead atoms. The summed E-state index contributed by atoms with van der Waals surface area (Å²) in [6, 6.07) is 16.5. The molecule has 3 aromatic rings. The minimum Gasteiger partial charge on any atom is -0.495 e. The third-order valence-electron chi connectivity index (χ3n) is 5.35. The Morgan fingerprint density at radius 2 is 1.90 bits per heavy atom. The number of nitrogens with two attached hydrogens (primary N) is 1. The molecule has 0 radical (unpaired) electrons. The fraction of sp³-hybridized carbons (Fsp3) is 0.227. The topological polar surface area (TPSA) is 85.5 Å². The molecule has 0 aliphatic carbocycles. The van der Waals surface area contributed by atoms with Crippen molar-refractivity contribution < 1.29 is 13.2 Å². The maximum absolute atomic E-state index is 13.5. The standard InChI is InChI=1S/C22H23N3O3S/c1-15-12-22(23)24-14-18(15)17-8-9-20(28-2)21(13-17)29(26,27)25-11-10-19(25)16-6-4-3-5-7-16/h3-9,12-14,19H,10-11H2,1-2H3,(H2,23,24). The zero-order valence-corrected chi connectivity index (χ0v) is 17.2. The Kier molecular flexibility index (Phi) is 5.02. The van der Waals surface area contributed by atoms with Gasteiger partial charge in [-0.1, -0.05) is 36.4 Å². The van der Waals surface area contributed by atoms with Gasteiger partial charge in [0.2, 0.25) is 10.0 Å². The van der Waals surface area contributed by atoms with E-state index < -0.39 is 10.0 Å². The number of nitrogen functional groups attached to an aromatic ring is 1. The van der Waals surface area contributed by atoms with E-state index in [0.717, 1.165) is 28.7 Å². The maximum atomic E-state index is 13.5.